The summed E-state index contributed by atoms with van der Waals surface area (Å²) in [6.45, 7) is 15.5. The number of carbonyl (C=O) groups is 1. The molecule has 0 saturated carbocycles. The van der Waals surface area contributed by atoms with Crippen molar-refractivity contribution < 1.29 is 9.18 Å². The Bertz CT molecular complexity index is 1130. The van der Waals surface area contributed by atoms with E-state index in [1.165, 1.54) is 12.1 Å². The van der Waals surface area contributed by atoms with Crippen LogP contribution in [0, 0.1) is 5.82 Å². The molecule has 3 heterocycles. The van der Waals surface area contributed by atoms with Gasteiger partial charge in [-0.3, -0.25) is 28.9 Å². The van der Waals surface area contributed by atoms with E-state index >= 15 is 0 Å². The second-order valence-corrected chi connectivity index (χ2v) is 10.1. The molecule has 1 fully saturated rings. The van der Waals surface area contributed by atoms with E-state index in [0.29, 0.717) is 35.8 Å². The average molecular weight is 496 g/mol. The smallest absolute Gasteiger partial charge is 0.165 e. The quantitative estimate of drug-likeness (QED) is 0.438. The van der Waals surface area contributed by atoms with Gasteiger partial charge in [-0.1, -0.05) is 0 Å². The number of nitrogens with one attached hydrogen (secondary N) is 1. The monoisotopic (exact) mass is 495 g/mol. The third kappa shape index (κ3) is 6.46. The molecule has 4 rings (SSSR count). The lowest BCUT2D eigenvalue weighted by molar-refractivity contribution is -0.119. The number of nitrogens with zero attached hydrogens (tertiary/aromatic N) is 6. The first-order valence-electron chi connectivity index (χ1n) is 12.9. The fourth-order valence-electron chi connectivity index (χ4n) is 4.91. The number of fused-ring (bicyclic) bond motifs is 1. The molecule has 8 nitrogen and oxygen atoms in total. The summed E-state index contributed by atoms with van der Waals surface area (Å²) >= 11 is 0. The van der Waals surface area contributed by atoms with Crippen LogP contribution in [0.3, 0.4) is 0 Å². The highest BCUT2D eigenvalue weighted by Crippen LogP contribution is 2.28. The Hall–Kier alpha value is -2.88. The van der Waals surface area contributed by atoms with Gasteiger partial charge in [-0.25, -0.2) is 9.37 Å². The van der Waals surface area contributed by atoms with Crippen LogP contribution in [-0.4, -0.2) is 99.3 Å². The molecule has 0 atom stereocenters. The van der Waals surface area contributed by atoms with Crippen molar-refractivity contribution in [3.8, 4) is 11.3 Å². The van der Waals surface area contributed by atoms with Gasteiger partial charge in [0.1, 0.15) is 17.3 Å². The predicted octanol–water partition coefficient (Wildman–Crippen LogP) is 3.25. The number of imidazole rings is 1. The maximum atomic E-state index is 13.4. The topological polar surface area (TPSA) is 69.0 Å². The van der Waals surface area contributed by atoms with Gasteiger partial charge in [0.25, 0.3) is 0 Å². The van der Waals surface area contributed by atoms with Crippen molar-refractivity contribution in [3.63, 3.8) is 0 Å². The van der Waals surface area contributed by atoms with E-state index in [1.54, 1.807) is 30.7 Å². The second-order valence-electron chi connectivity index (χ2n) is 10.1. The molecule has 1 saturated heterocycles. The molecular weight excluding hydrogens is 457 g/mol. The molecule has 1 aliphatic rings. The normalized spacial score (nSPS) is 15.4. The Balaban J connectivity index is 1.31. The predicted molar refractivity (Wildman–Crippen MR) is 142 cm³/mol. The molecule has 1 aliphatic heterocycles. The van der Waals surface area contributed by atoms with Crippen LogP contribution in [0.25, 0.3) is 16.9 Å². The van der Waals surface area contributed by atoms with Gasteiger partial charge in [-0.15, -0.1) is 0 Å². The zero-order valence-electron chi connectivity index (χ0n) is 21.8. The molecule has 0 unspecified atom stereocenters. The van der Waals surface area contributed by atoms with Crippen LogP contribution < -0.4 is 5.32 Å². The highest BCUT2D eigenvalue weighted by Gasteiger charge is 2.21. The lowest BCUT2D eigenvalue weighted by Gasteiger charge is -2.37. The highest BCUT2D eigenvalue weighted by molar-refractivity contribution is 5.86. The maximum absolute atomic E-state index is 13.4. The number of rotatable bonds is 11. The SMILES string of the molecule is CC(C)N(CCN1CCN(CC(=O)CNc2c(-c3ccc(F)cc3)nc3cnccn23)CC1)C(C)C. The van der Waals surface area contributed by atoms with Crippen molar-refractivity contribution in [1.82, 2.24) is 29.1 Å². The number of piperazine rings is 1. The minimum atomic E-state index is -0.300. The Morgan fingerprint density at radius 3 is 2.39 bits per heavy atom. The molecular formula is C27H38FN7O. The van der Waals surface area contributed by atoms with E-state index in [-0.39, 0.29) is 18.1 Å². The van der Waals surface area contributed by atoms with Gasteiger partial charge < -0.3 is 5.32 Å². The summed E-state index contributed by atoms with van der Waals surface area (Å²) in [5.41, 5.74) is 2.11. The first-order chi connectivity index (χ1) is 17.3. The van der Waals surface area contributed by atoms with Crippen LogP contribution in [0.4, 0.5) is 10.2 Å². The summed E-state index contributed by atoms with van der Waals surface area (Å²) < 4.78 is 15.3. The lowest BCUT2D eigenvalue weighted by atomic mass is 10.1. The molecule has 194 valence electrons. The third-order valence-corrected chi connectivity index (χ3v) is 6.87. The highest BCUT2D eigenvalue weighted by atomic mass is 19.1. The van der Waals surface area contributed by atoms with Crippen molar-refractivity contribution in [2.45, 2.75) is 39.8 Å². The number of hydrogen-bond acceptors (Lipinski definition) is 7. The van der Waals surface area contributed by atoms with Crippen molar-refractivity contribution in [2.24, 2.45) is 0 Å². The van der Waals surface area contributed by atoms with Gasteiger partial charge in [-0.2, -0.15) is 0 Å². The van der Waals surface area contributed by atoms with E-state index in [2.05, 4.69) is 57.7 Å². The molecule has 1 N–H and O–H groups in total. The van der Waals surface area contributed by atoms with Gasteiger partial charge in [0.15, 0.2) is 11.4 Å². The Labute approximate surface area is 213 Å². The summed E-state index contributed by atoms with van der Waals surface area (Å²) in [5.74, 6) is 0.534. The molecule has 2 aromatic heterocycles. The van der Waals surface area contributed by atoms with Gasteiger partial charge >= 0.3 is 0 Å². The lowest BCUT2D eigenvalue weighted by Crippen LogP contribution is -2.51. The zero-order chi connectivity index (χ0) is 25.7. The Morgan fingerprint density at radius 1 is 1.06 bits per heavy atom. The first-order valence-corrected chi connectivity index (χ1v) is 12.9. The number of halogens is 1. The van der Waals surface area contributed by atoms with Gasteiger partial charge in [0, 0.05) is 69.3 Å². The number of anilines is 1. The van der Waals surface area contributed by atoms with Gasteiger partial charge in [0.05, 0.1) is 19.3 Å². The zero-order valence-corrected chi connectivity index (χ0v) is 21.8. The summed E-state index contributed by atoms with van der Waals surface area (Å²) in [6.07, 6.45) is 5.15. The molecule has 36 heavy (non-hydrogen) atoms. The van der Waals surface area contributed by atoms with Crippen molar-refractivity contribution >= 4 is 17.2 Å². The van der Waals surface area contributed by atoms with E-state index in [4.69, 9.17) is 0 Å². The summed E-state index contributed by atoms with van der Waals surface area (Å²) in [7, 11) is 0. The standard InChI is InChI=1S/C27H38FN7O/c1-20(2)34(21(3)4)16-15-32-11-13-33(14-12-32)19-24(36)17-30-27-26(22-5-7-23(28)8-6-22)31-25-18-29-9-10-35(25)27/h5-10,18,20-21,30H,11-17,19H2,1-4H3. The van der Waals surface area contributed by atoms with Crippen molar-refractivity contribution in [2.75, 3.05) is 57.7 Å². The van der Waals surface area contributed by atoms with Crippen LogP contribution in [-0.2, 0) is 4.79 Å². The molecule has 0 radical (unpaired) electrons. The molecule has 1 aromatic carbocycles. The second kappa shape index (κ2) is 11.9. The van der Waals surface area contributed by atoms with E-state index < -0.39 is 0 Å². The molecule has 9 heteroatoms. The minimum absolute atomic E-state index is 0.128. The number of ketones is 1. The minimum Gasteiger partial charge on any atom is -0.362 e. The number of carbonyl (C=O) groups excluding carboxylic acids is 1. The average Bonchev–Trinajstić information content (AvgIpc) is 3.22. The van der Waals surface area contributed by atoms with Crippen molar-refractivity contribution in [3.05, 3.63) is 48.7 Å². The number of benzene rings is 1. The van der Waals surface area contributed by atoms with E-state index in [0.717, 1.165) is 44.8 Å². The first kappa shape index (κ1) is 26.2. The maximum Gasteiger partial charge on any atom is 0.165 e. The molecule has 0 bridgehead atoms. The fraction of sp³-hybridized carbons (Fsp3) is 0.519. The number of Topliss-reactive ketones (excluding diaryl/α,β-unsaturated/α-hetero) is 1. The molecule has 0 spiro atoms. The Kier molecular flexibility index (Phi) is 8.66. The van der Waals surface area contributed by atoms with Crippen LogP contribution in [0.15, 0.2) is 42.9 Å². The number of hydrogen-bond donors (Lipinski definition) is 1. The molecule has 0 aliphatic carbocycles. The third-order valence-electron chi connectivity index (χ3n) is 6.87. The van der Waals surface area contributed by atoms with E-state index in [1.807, 2.05) is 4.40 Å². The summed E-state index contributed by atoms with van der Waals surface area (Å²) in [4.78, 5) is 28.9. The summed E-state index contributed by atoms with van der Waals surface area (Å²) in [6, 6.07) is 7.30. The Morgan fingerprint density at radius 2 is 1.72 bits per heavy atom. The van der Waals surface area contributed by atoms with Crippen LogP contribution >= 0.6 is 0 Å². The number of aromatic nitrogens is 3. The molecule has 0 amide bonds. The van der Waals surface area contributed by atoms with Crippen LogP contribution in [0.5, 0.6) is 0 Å². The van der Waals surface area contributed by atoms with E-state index in [9.17, 15) is 9.18 Å². The van der Waals surface area contributed by atoms with Crippen LogP contribution in [0.2, 0.25) is 0 Å². The van der Waals surface area contributed by atoms with Gasteiger partial charge in [-0.05, 0) is 52.0 Å². The fourth-order valence-corrected chi connectivity index (χ4v) is 4.91. The summed E-state index contributed by atoms with van der Waals surface area (Å²) in [5, 5.41) is 3.29. The van der Waals surface area contributed by atoms with Crippen LogP contribution in [0.1, 0.15) is 27.7 Å². The van der Waals surface area contributed by atoms with Gasteiger partial charge in [0.2, 0.25) is 0 Å². The largest absolute Gasteiger partial charge is 0.362 e. The molecule has 3 aromatic rings. The van der Waals surface area contributed by atoms with Crippen molar-refractivity contribution in [1.29, 1.82) is 0 Å².